The van der Waals surface area contributed by atoms with Gasteiger partial charge in [0.1, 0.15) is 6.67 Å². The molecule has 5 nitrogen and oxygen atoms in total. The van der Waals surface area contributed by atoms with Crippen LogP contribution in [0.3, 0.4) is 0 Å². The summed E-state index contributed by atoms with van der Waals surface area (Å²) in [4.78, 5) is 15.1. The van der Waals surface area contributed by atoms with Crippen molar-refractivity contribution in [2.45, 2.75) is 40.5 Å². The first-order chi connectivity index (χ1) is 9.58. The molecule has 0 spiro atoms. The maximum absolute atomic E-state index is 4.50. The average Bonchev–Trinajstić information content (AvgIpc) is 3.04. The van der Waals surface area contributed by atoms with Crippen molar-refractivity contribution in [3.05, 3.63) is 18.2 Å². The Morgan fingerprint density at radius 3 is 2.20 bits per heavy atom. The van der Waals surface area contributed by atoms with E-state index in [0.29, 0.717) is 18.5 Å². The summed E-state index contributed by atoms with van der Waals surface area (Å²) in [6.07, 6.45) is 7.64. The van der Waals surface area contributed by atoms with Crippen LogP contribution in [0.2, 0.25) is 0 Å². The lowest BCUT2D eigenvalue weighted by molar-refractivity contribution is 0.637. The molecule has 5 heteroatoms. The fraction of sp³-hybridized carbons (Fsp3) is 0.667. The number of aromatic amines is 1. The minimum atomic E-state index is 0.655. The molecular formula is C15H29N5. The summed E-state index contributed by atoms with van der Waals surface area (Å²) < 4.78 is 0. The van der Waals surface area contributed by atoms with Gasteiger partial charge in [0.15, 0.2) is 0 Å². The van der Waals surface area contributed by atoms with Gasteiger partial charge in [-0.15, -0.1) is 0 Å². The van der Waals surface area contributed by atoms with Gasteiger partial charge in [-0.3, -0.25) is 9.98 Å². The second-order valence-corrected chi connectivity index (χ2v) is 5.38. The van der Waals surface area contributed by atoms with E-state index in [1.54, 1.807) is 6.33 Å². The predicted molar refractivity (Wildman–Crippen MR) is 87.5 cm³/mol. The SMILES string of the molecule is CC(C)CC1=NCN=C1.CC(C)Cc1cnc[nH]1.CN. The summed E-state index contributed by atoms with van der Waals surface area (Å²) in [5.41, 5.74) is 6.88. The largest absolute Gasteiger partial charge is 0.348 e. The number of aromatic nitrogens is 2. The molecule has 3 N–H and O–H groups in total. The van der Waals surface area contributed by atoms with Crippen LogP contribution >= 0.6 is 0 Å². The summed E-state index contributed by atoms with van der Waals surface area (Å²) in [6, 6.07) is 0. The molecule has 20 heavy (non-hydrogen) atoms. The maximum atomic E-state index is 4.50. The Hall–Kier alpha value is -1.49. The van der Waals surface area contributed by atoms with Gasteiger partial charge in [-0.05, 0) is 31.7 Å². The minimum absolute atomic E-state index is 0.655. The zero-order valence-corrected chi connectivity index (χ0v) is 13.4. The molecule has 0 bridgehead atoms. The average molecular weight is 279 g/mol. The summed E-state index contributed by atoms with van der Waals surface area (Å²) >= 11 is 0. The molecule has 0 aromatic carbocycles. The molecule has 2 heterocycles. The first kappa shape index (κ1) is 18.5. The fourth-order valence-corrected chi connectivity index (χ4v) is 1.69. The Bertz CT molecular complexity index is 377. The van der Waals surface area contributed by atoms with Crippen molar-refractivity contribution in [1.29, 1.82) is 0 Å². The van der Waals surface area contributed by atoms with Gasteiger partial charge in [0.05, 0.1) is 12.0 Å². The third-order valence-electron chi connectivity index (χ3n) is 2.40. The second-order valence-electron chi connectivity index (χ2n) is 5.38. The van der Waals surface area contributed by atoms with Gasteiger partial charge in [-0.2, -0.15) is 0 Å². The monoisotopic (exact) mass is 279 g/mol. The van der Waals surface area contributed by atoms with Crippen LogP contribution in [-0.4, -0.2) is 35.6 Å². The Kier molecular flexibility index (Phi) is 10.5. The summed E-state index contributed by atoms with van der Waals surface area (Å²) in [6.45, 7) is 9.42. The van der Waals surface area contributed by atoms with Crippen LogP contribution < -0.4 is 5.73 Å². The zero-order valence-electron chi connectivity index (χ0n) is 13.4. The van der Waals surface area contributed by atoms with E-state index in [-0.39, 0.29) is 0 Å². The molecule has 1 aromatic heterocycles. The number of nitrogens with two attached hydrogens (primary N) is 1. The van der Waals surface area contributed by atoms with Crippen LogP contribution in [0.25, 0.3) is 0 Å². The molecule has 0 amide bonds. The number of nitrogens with one attached hydrogen (secondary N) is 1. The van der Waals surface area contributed by atoms with E-state index in [2.05, 4.69) is 53.4 Å². The van der Waals surface area contributed by atoms with Crippen LogP contribution in [0.4, 0.5) is 0 Å². The standard InChI is InChI=1S/2C7H12N2.CH5N/c2*1-6(2)3-7-4-8-5-9-7;1-2/h4,6H,3,5H2,1-2H3;4-6H,3H2,1-2H3,(H,8,9);2H2,1H3. The molecule has 0 aliphatic carbocycles. The number of H-pyrrole nitrogens is 1. The van der Waals surface area contributed by atoms with Gasteiger partial charge in [0.2, 0.25) is 0 Å². The molecule has 1 aliphatic heterocycles. The molecule has 0 radical (unpaired) electrons. The number of nitrogens with zero attached hydrogens (tertiary/aromatic N) is 3. The van der Waals surface area contributed by atoms with Crippen molar-refractivity contribution < 1.29 is 0 Å². The Labute approximate surface area is 122 Å². The first-order valence-corrected chi connectivity index (χ1v) is 7.16. The molecule has 114 valence electrons. The van der Waals surface area contributed by atoms with Gasteiger partial charge in [-0.1, -0.05) is 27.7 Å². The smallest absolute Gasteiger partial charge is 0.129 e. The molecule has 0 saturated carbocycles. The summed E-state index contributed by atoms with van der Waals surface area (Å²) in [5, 5.41) is 0. The Morgan fingerprint density at radius 1 is 1.15 bits per heavy atom. The third kappa shape index (κ3) is 9.44. The normalized spacial score (nSPS) is 12.7. The van der Waals surface area contributed by atoms with E-state index in [9.17, 15) is 0 Å². The molecule has 0 unspecified atom stereocenters. The maximum Gasteiger partial charge on any atom is 0.129 e. The van der Waals surface area contributed by atoms with Crippen molar-refractivity contribution >= 4 is 11.9 Å². The van der Waals surface area contributed by atoms with Crippen LogP contribution in [0, 0.1) is 11.8 Å². The number of imidazole rings is 1. The van der Waals surface area contributed by atoms with Gasteiger partial charge in [-0.25, -0.2) is 4.98 Å². The lowest BCUT2D eigenvalue weighted by Gasteiger charge is -1.99. The van der Waals surface area contributed by atoms with E-state index in [1.807, 2.05) is 12.4 Å². The van der Waals surface area contributed by atoms with Crippen molar-refractivity contribution in [3.8, 4) is 0 Å². The molecule has 0 atom stereocenters. The highest BCUT2D eigenvalue weighted by Gasteiger charge is 2.02. The highest BCUT2D eigenvalue weighted by atomic mass is 15.0. The zero-order chi connectivity index (χ0) is 15.4. The lowest BCUT2D eigenvalue weighted by atomic mass is 10.1. The van der Waals surface area contributed by atoms with E-state index >= 15 is 0 Å². The van der Waals surface area contributed by atoms with Crippen molar-refractivity contribution in [2.75, 3.05) is 13.7 Å². The Balaban J connectivity index is 0.000000321. The number of hydrogen-bond donors (Lipinski definition) is 2. The first-order valence-electron chi connectivity index (χ1n) is 7.16. The molecule has 1 aromatic rings. The van der Waals surface area contributed by atoms with Crippen molar-refractivity contribution in [3.63, 3.8) is 0 Å². The van der Waals surface area contributed by atoms with Gasteiger partial charge in [0.25, 0.3) is 0 Å². The number of aliphatic imine (C=N–C) groups is 2. The number of rotatable bonds is 4. The molecule has 0 saturated heterocycles. The Morgan fingerprint density at radius 2 is 1.80 bits per heavy atom. The van der Waals surface area contributed by atoms with Crippen LogP contribution in [0.15, 0.2) is 22.5 Å². The minimum Gasteiger partial charge on any atom is -0.348 e. The van der Waals surface area contributed by atoms with Crippen molar-refractivity contribution in [1.82, 2.24) is 9.97 Å². The summed E-state index contributed by atoms with van der Waals surface area (Å²) in [7, 11) is 1.50. The van der Waals surface area contributed by atoms with E-state index in [1.165, 1.54) is 12.7 Å². The lowest BCUT2D eigenvalue weighted by Crippen LogP contribution is -2.01. The molecule has 1 aliphatic rings. The van der Waals surface area contributed by atoms with Crippen LogP contribution in [0.5, 0.6) is 0 Å². The van der Waals surface area contributed by atoms with E-state index in [0.717, 1.165) is 18.6 Å². The second kappa shape index (κ2) is 11.3. The van der Waals surface area contributed by atoms with Gasteiger partial charge >= 0.3 is 0 Å². The van der Waals surface area contributed by atoms with Gasteiger partial charge in [0, 0.05) is 18.1 Å². The molecule has 2 rings (SSSR count). The van der Waals surface area contributed by atoms with Crippen LogP contribution in [0.1, 0.15) is 39.8 Å². The predicted octanol–water partition coefficient (Wildman–Crippen LogP) is 2.70. The van der Waals surface area contributed by atoms with Crippen LogP contribution in [-0.2, 0) is 6.42 Å². The van der Waals surface area contributed by atoms with E-state index in [4.69, 9.17) is 0 Å². The van der Waals surface area contributed by atoms with Crippen molar-refractivity contribution in [2.24, 2.45) is 27.6 Å². The van der Waals surface area contributed by atoms with E-state index < -0.39 is 0 Å². The quantitative estimate of drug-likeness (QED) is 0.888. The fourth-order valence-electron chi connectivity index (χ4n) is 1.69. The third-order valence-corrected chi connectivity index (χ3v) is 2.40. The molecular weight excluding hydrogens is 250 g/mol. The van der Waals surface area contributed by atoms with Gasteiger partial charge < -0.3 is 10.7 Å². The highest BCUT2D eigenvalue weighted by molar-refractivity contribution is 6.31. The summed E-state index contributed by atoms with van der Waals surface area (Å²) in [5.74, 6) is 1.42. The highest BCUT2D eigenvalue weighted by Crippen LogP contribution is 2.03. The topological polar surface area (TPSA) is 79.4 Å². The molecule has 0 fully saturated rings. The number of hydrogen-bond acceptors (Lipinski definition) is 4.